The second kappa shape index (κ2) is 6.62. The van der Waals surface area contributed by atoms with Gasteiger partial charge in [-0.05, 0) is 5.92 Å². The van der Waals surface area contributed by atoms with Gasteiger partial charge < -0.3 is 0 Å². The Morgan fingerprint density at radius 3 is 1.44 bits per heavy atom. The molecule has 4 heteroatoms. The van der Waals surface area contributed by atoms with Gasteiger partial charge in [-0.15, -0.1) is 0 Å². The highest BCUT2D eigenvalue weighted by Crippen LogP contribution is 2.19. The van der Waals surface area contributed by atoms with E-state index >= 15 is 0 Å². The van der Waals surface area contributed by atoms with Gasteiger partial charge in [0.05, 0.1) is 0 Å². The molecule has 0 rings (SSSR count). The van der Waals surface area contributed by atoms with Gasteiger partial charge in [-0.25, -0.2) is 0 Å². The Balaban J connectivity index is 3.50. The Morgan fingerprint density at radius 2 is 1.33 bits per heavy atom. The van der Waals surface area contributed by atoms with Crippen molar-refractivity contribution in [3.8, 4) is 0 Å². The van der Waals surface area contributed by atoms with Crippen LogP contribution in [0.4, 0.5) is 0 Å². The normalized spacial score (nSPS) is 14.3. The molecule has 0 bridgehead atoms. The standard InChI is InChI=1S/C5H8Br4/c6-1-4(2-7)5(9)3-8/h4-5H,1-3H2. The van der Waals surface area contributed by atoms with Gasteiger partial charge >= 0.3 is 0 Å². The van der Waals surface area contributed by atoms with Crippen LogP contribution in [0.25, 0.3) is 0 Å². The first-order valence-electron chi connectivity index (χ1n) is 2.58. The third kappa shape index (κ3) is 4.38. The SMILES string of the molecule is BrCC(Br)C(CBr)CBr. The Kier molecular flexibility index (Phi) is 8.03. The van der Waals surface area contributed by atoms with Crippen LogP contribution < -0.4 is 0 Å². The number of rotatable bonds is 4. The second-order valence-electron chi connectivity index (χ2n) is 1.74. The van der Waals surface area contributed by atoms with E-state index in [9.17, 15) is 0 Å². The van der Waals surface area contributed by atoms with Crippen molar-refractivity contribution >= 4 is 63.7 Å². The zero-order valence-corrected chi connectivity index (χ0v) is 11.1. The Hall–Kier alpha value is 1.92. The average molecular weight is 388 g/mol. The van der Waals surface area contributed by atoms with Gasteiger partial charge in [0.25, 0.3) is 0 Å². The van der Waals surface area contributed by atoms with Crippen LogP contribution in [0.15, 0.2) is 0 Å². The molecule has 0 aliphatic carbocycles. The maximum absolute atomic E-state index is 3.56. The molecule has 0 aliphatic rings. The molecule has 0 nitrogen and oxygen atoms in total. The Labute approximate surface area is 89.7 Å². The van der Waals surface area contributed by atoms with E-state index in [1.165, 1.54) is 0 Å². The summed E-state index contributed by atoms with van der Waals surface area (Å²) in [5, 5.41) is 3.09. The lowest BCUT2D eigenvalue weighted by Gasteiger charge is -2.14. The Morgan fingerprint density at radius 1 is 0.889 bits per heavy atom. The number of halogens is 4. The highest BCUT2D eigenvalue weighted by molar-refractivity contribution is 9.12. The first-order chi connectivity index (χ1) is 4.26. The molecule has 1 atom stereocenters. The Bertz CT molecular complexity index is 62.0. The first-order valence-corrected chi connectivity index (χ1v) is 6.86. The van der Waals surface area contributed by atoms with Crippen molar-refractivity contribution in [2.75, 3.05) is 16.0 Å². The third-order valence-electron chi connectivity index (χ3n) is 1.06. The quantitative estimate of drug-likeness (QED) is 0.647. The van der Waals surface area contributed by atoms with Crippen LogP contribution >= 0.6 is 63.7 Å². The van der Waals surface area contributed by atoms with E-state index < -0.39 is 0 Å². The molecule has 0 aromatic heterocycles. The summed E-state index contributed by atoms with van der Waals surface area (Å²) in [5.74, 6) is 0.671. The molecule has 0 heterocycles. The molecular formula is C5H8Br4. The first kappa shape index (κ1) is 10.9. The van der Waals surface area contributed by atoms with Crippen LogP contribution in [0.5, 0.6) is 0 Å². The van der Waals surface area contributed by atoms with Crippen molar-refractivity contribution < 1.29 is 0 Å². The predicted octanol–water partition coefficient (Wildman–Crippen LogP) is 3.55. The van der Waals surface area contributed by atoms with Crippen molar-refractivity contribution in [2.24, 2.45) is 5.92 Å². The zero-order chi connectivity index (χ0) is 7.28. The fraction of sp³-hybridized carbons (Fsp3) is 1.00. The molecule has 0 saturated carbocycles. The molecule has 0 aromatic carbocycles. The molecular weight excluding hydrogens is 380 g/mol. The minimum Gasteiger partial charge on any atom is -0.0924 e. The molecule has 0 N–H and O–H groups in total. The van der Waals surface area contributed by atoms with E-state index in [0.717, 1.165) is 16.0 Å². The maximum atomic E-state index is 3.56. The largest absolute Gasteiger partial charge is 0.0924 e. The lowest BCUT2D eigenvalue weighted by atomic mass is 10.2. The van der Waals surface area contributed by atoms with Gasteiger partial charge in [0.2, 0.25) is 0 Å². The monoisotopic (exact) mass is 384 g/mol. The van der Waals surface area contributed by atoms with Crippen LogP contribution in [0, 0.1) is 5.92 Å². The molecule has 0 aromatic rings. The van der Waals surface area contributed by atoms with Crippen molar-refractivity contribution in [1.29, 1.82) is 0 Å². The van der Waals surface area contributed by atoms with Gasteiger partial charge in [0, 0.05) is 20.8 Å². The lowest BCUT2D eigenvalue weighted by Crippen LogP contribution is -2.18. The molecule has 0 amide bonds. The molecule has 1 unspecified atom stereocenters. The van der Waals surface area contributed by atoms with E-state index in [4.69, 9.17) is 0 Å². The van der Waals surface area contributed by atoms with E-state index in [1.54, 1.807) is 0 Å². The highest BCUT2D eigenvalue weighted by Gasteiger charge is 2.14. The predicted molar refractivity (Wildman–Crippen MR) is 57.6 cm³/mol. The molecule has 0 aliphatic heterocycles. The summed E-state index contributed by atoms with van der Waals surface area (Å²) < 4.78 is 0. The maximum Gasteiger partial charge on any atom is 0.0286 e. The second-order valence-corrected chi connectivity index (χ2v) is 4.86. The summed E-state index contributed by atoms with van der Waals surface area (Å²) in [5.41, 5.74) is 0. The average Bonchev–Trinajstić information content (AvgIpc) is 1.90. The zero-order valence-electron chi connectivity index (χ0n) is 4.79. The van der Waals surface area contributed by atoms with Crippen LogP contribution in [-0.4, -0.2) is 20.8 Å². The lowest BCUT2D eigenvalue weighted by molar-refractivity contribution is 0.691. The van der Waals surface area contributed by atoms with Crippen molar-refractivity contribution in [3.63, 3.8) is 0 Å². The van der Waals surface area contributed by atoms with Crippen molar-refractivity contribution in [1.82, 2.24) is 0 Å². The highest BCUT2D eigenvalue weighted by atomic mass is 79.9. The molecule has 0 spiro atoms. The minimum atomic E-state index is 0.566. The summed E-state index contributed by atoms with van der Waals surface area (Å²) in [6.45, 7) is 0. The molecule has 9 heavy (non-hydrogen) atoms. The van der Waals surface area contributed by atoms with Crippen LogP contribution in [0.3, 0.4) is 0 Å². The van der Waals surface area contributed by atoms with E-state index in [0.29, 0.717) is 10.7 Å². The fourth-order valence-corrected chi connectivity index (χ4v) is 4.24. The molecule has 0 radical (unpaired) electrons. The molecule has 0 fully saturated rings. The number of alkyl halides is 4. The number of hydrogen-bond acceptors (Lipinski definition) is 0. The third-order valence-corrected chi connectivity index (χ3v) is 5.36. The topological polar surface area (TPSA) is 0 Å². The summed E-state index contributed by atoms with van der Waals surface area (Å²) in [4.78, 5) is 0.566. The molecule has 56 valence electrons. The molecule has 0 saturated heterocycles. The van der Waals surface area contributed by atoms with Crippen molar-refractivity contribution in [2.45, 2.75) is 4.83 Å². The van der Waals surface area contributed by atoms with E-state index in [2.05, 4.69) is 63.7 Å². The van der Waals surface area contributed by atoms with Gasteiger partial charge in [-0.2, -0.15) is 0 Å². The summed E-state index contributed by atoms with van der Waals surface area (Å²) in [7, 11) is 0. The van der Waals surface area contributed by atoms with E-state index in [-0.39, 0.29) is 0 Å². The van der Waals surface area contributed by atoms with E-state index in [1.807, 2.05) is 0 Å². The van der Waals surface area contributed by atoms with Gasteiger partial charge in [-0.3, -0.25) is 0 Å². The van der Waals surface area contributed by atoms with Crippen LogP contribution in [0.1, 0.15) is 0 Å². The van der Waals surface area contributed by atoms with Gasteiger partial charge in [0.15, 0.2) is 0 Å². The summed E-state index contributed by atoms with van der Waals surface area (Å²) in [6, 6.07) is 0. The van der Waals surface area contributed by atoms with Gasteiger partial charge in [-0.1, -0.05) is 63.7 Å². The smallest absolute Gasteiger partial charge is 0.0286 e. The van der Waals surface area contributed by atoms with Crippen molar-refractivity contribution in [3.05, 3.63) is 0 Å². The van der Waals surface area contributed by atoms with Gasteiger partial charge in [0.1, 0.15) is 0 Å². The fourth-order valence-electron chi connectivity index (χ4n) is 0.361. The summed E-state index contributed by atoms with van der Waals surface area (Å²) >= 11 is 13.8. The number of hydrogen-bond donors (Lipinski definition) is 0. The minimum absolute atomic E-state index is 0.566. The van der Waals surface area contributed by atoms with Crippen LogP contribution in [0.2, 0.25) is 0 Å². The van der Waals surface area contributed by atoms with Crippen LogP contribution in [-0.2, 0) is 0 Å². The summed E-state index contributed by atoms with van der Waals surface area (Å²) in [6.07, 6.45) is 0.